The van der Waals surface area contributed by atoms with Gasteiger partial charge in [-0.1, -0.05) is 37.6 Å². The van der Waals surface area contributed by atoms with Gasteiger partial charge in [0, 0.05) is 36.7 Å². The third-order valence-corrected chi connectivity index (χ3v) is 9.47. The van der Waals surface area contributed by atoms with Crippen LogP contribution in [0.4, 0.5) is 10.1 Å². The lowest BCUT2D eigenvalue weighted by molar-refractivity contribution is -0.0748. The van der Waals surface area contributed by atoms with Gasteiger partial charge >= 0.3 is 0 Å². The lowest BCUT2D eigenvalue weighted by atomic mass is 9.63. The molecule has 2 saturated heterocycles. The lowest BCUT2D eigenvalue weighted by Gasteiger charge is -2.49. The highest BCUT2D eigenvalue weighted by atomic mass is 19.1. The number of anilines is 1. The van der Waals surface area contributed by atoms with E-state index in [4.69, 9.17) is 19.2 Å². The molecule has 41 heavy (non-hydrogen) atoms. The third-order valence-electron chi connectivity index (χ3n) is 9.47. The van der Waals surface area contributed by atoms with E-state index in [9.17, 15) is 4.39 Å². The van der Waals surface area contributed by atoms with Gasteiger partial charge in [-0.05, 0) is 85.4 Å². The quantitative estimate of drug-likeness (QED) is 0.247. The summed E-state index contributed by atoms with van der Waals surface area (Å²) in [6.45, 7) is 9.94. The van der Waals surface area contributed by atoms with Gasteiger partial charge < -0.3 is 19.1 Å². The summed E-state index contributed by atoms with van der Waals surface area (Å²) in [5.74, 6) is 1.11. The van der Waals surface area contributed by atoms with Crippen LogP contribution in [-0.4, -0.2) is 44.5 Å². The van der Waals surface area contributed by atoms with E-state index in [-0.39, 0.29) is 5.82 Å². The molecule has 3 heterocycles. The van der Waals surface area contributed by atoms with E-state index in [1.807, 2.05) is 12.1 Å². The first-order chi connectivity index (χ1) is 20.0. The molecule has 3 fully saturated rings. The zero-order valence-electron chi connectivity index (χ0n) is 24.6. The van der Waals surface area contributed by atoms with Gasteiger partial charge in [-0.3, -0.25) is 4.98 Å². The number of aromatic nitrogens is 1. The molecule has 0 radical (unpaired) electrons. The number of pyridine rings is 1. The average Bonchev–Trinajstić information content (AvgIpc) is 2.95. The molecule has 3 aliphatic rings. The van der Waals surface area contributed by atoms with E-state index < -0.39 is 0 Å². The molecular formula is C35H43FN2O3. The minimum atomic E-state index is -0.213. The maximum atomic E-state index is 13.2. The van der Waals surface area contributed by atoms with Crippen molar-refractivity contribution in [2.45, 2.75) is 65.4 Å². The Morgan fingerprint density at radius 1 is 1.00 bits per heavy atom. The van der Waals surface area contributed by atoms with Crippen molar-refractivity contribution >= 4 is 5.69 Å². The summed E-state index contributed by atoms with van der Waals surface area (Å²) in [7, 11) is 0. The molecule has 3 aromatic rings. The van der Waals surface area contributed by atoms with E-state index in [2.05, 4.69) is 43.0 Å². The molecule has 5 nitrogen and oxygen atoms in total. The monoisotopic (exact) mass is 558 g/mol. The summed E-state index contributed by atoms with van der Waals surface area (Å²) in [6, 6.07) is 15.1. The van der Waals surface area contributed by atoms with Crippen molar-refractivity contribution in [3.8, 4) is 16.9 Å². The predicted molar refractivity (Wildman–Crippen MR) is 161 cm³/mol. The fourth-order valence-corrected chi connectivity index (χ4v) is 6.70. The molecule has 218 valence electrons. The largest absolute Gasteiger partial charge is 0.493 e. The second-order valence-corrected chi connectivity index (χ2v) is 12.2. The van der Waals surface area contributed by atoms with E-state index in [1.54, 1.807) is 0 Å². The minimum Gasteiger partial charge on any atom is -0.493 e. The lowest BCUT2D eigenvalue weighted by Crippen LogP contribution is -2.44. The van der Waals surface area contributed by atoms with Crippen LogP contribution in [0.2, 0.25) is 0 Å². The molecule has 1 aromatic heterocycles. The van der Waals surface area contributed by atoms with Crippen molar-refractivity contribution in [2.75, 3.05) is 44.4 Å². The molecule has 1 spiro atoms. The normalized spacial score (nSPS) is 18.3. The highest BCUT2D eigenvalue weighted by Crippen LogP contribution is 2.50. The fraction of sp³-hybridized carbons (Fsp3) is 0.514. The number of hydrogen-bond acceptors (Lipinski definition) is 5. The Labute approximate surface area is 244 Å². The molecule has 2 aliphatic heterocycles. The summed E-state index contributed by atoms with van der Waals surface area (Å²) >= 11 is 0. The fourth-order valence-electron chi connectivity index (χ4n) is 6.70. The summed E-state index contributed by atoms with van der Waals surface area (Å²) < 4.78 is 30.9. The highest BCUT2D eigenvalue weighted by Gasteiger charge is 2.40. The smallest absolute Gasteiger partial charge is 0.123 e. The van der Waals surface area contributed by atoms with Gasteiger partial charge in [-0.15, -0.1) is 0 Å². The average molecular weight is 559 g/mol. The van der Waals surface area contributed by atoms with Crippen molar-refractivity contribution in [1.29, 1.82) is 0 Å². The number of hydrogen-bond donors (Lipinski definition) is 0. The number of benzene rings is 2. The van der Waals surface area contributed by atoms with Crippen molar-refractivity contribution < 1.29 is 18.6 Å². The maximum Gasteiger partial charge on any atom is 0.123 e. The Hall–Kier alpha value is -2.96. The number of rotatable bonds is 11. The maximum absolute atomic E-state index is 13.2. The highest BCUT2D eigenvalue weighted by molar-refractivity contribution is 5.84. The van der Waals surface area contributed by atoms with Gasteiger partial charge in [0.05, 0.1) is 44.4 Å². The van der Waals surface area contributed by atoms with Gasteiger partial charge in [-0.25, -0.2) is 4.39 Å². The third kappa shape index (κ3) is 6.29. The number of halogens is 1. The van der Waals surface area contributed by atoms with Gasteiger partial charge in [0.1, 0.15) is 11.6 Å². The number of ether oxygens (including phenoxy) is 3. The topological polar surface area (TPSA) is 43.8 Å². The van der Waals surface area contributed by atoms with Gasteiger partial charge in [0.15, 0.2) is 0 Å². The minimum absolute atomic E-state index is 0.213. The van der Waals surface area contributed by atoms with Gasteiger partial charge in [-0.2, -0.15) is 0 Å². The van der Waals surface area contributed by atoms with Crippen LogP contribution >= 0.6 is 0 Å². The van der Waals surface area contributed by atoms with Gasteiger partial charge in [0.2, 0.25) is 0 Å². The zero-order chi connectivity index (χ0) is 28.2. The number of piperidine rings is 1. The SMILES string of the molecule is CCc1c(C)nc(COCC2COC2)c(-c2ccc(OCCc3ccc(F)cc3)cc2)c1N1CCC2(CCC2)CC1. The standard InChI is InChI=1S/C35H43FN2O3/c1-3-31-25(2)37-32(24-40-23-27-21-39-22-27)33(34(31)38-18-16-35(17-19-38)14-4-15-35)28-7-11-30(12-8-28)41-20-13-26-5-9-29(36)10-6-26/h5-12,27H,3-4,13-24H2,1-2H3. The van der Waals surface area contributed by atoms with E-state index in [1.165, 1.54) is 61.1 Å². The molecule has 0 N–H and O–H groups in total. The number of aryl methyl sites for hydroxylation is 1. The molecule has 0 bridgehead atoms. The first kappa shape index (κ1) is 28.2. The molecule has 0 unspecified atom stereocenters. The van der Waals surface area contributed by atoms with Crippen molar-refractivity contribution in [3.63, 3.8) is 0 Å². The van der Waals surface area contributed by atoms with Crippen molar-refractivity contribution in [2.24, 2.45) is 11.3 Å². The van der Waals surface area contributed by atoms with Crippen LogP contribution in [0.3, 0.4) is 0 Å². The van der Waals surface area contributed by atoms with Crippen molar-refractivity contribution in [3.05, 3.63) is 76.9 Å². The van der Waals surface area contributed by atoms with Crippen LogP contribution in [0.1, 0.15) is 61.5 Å². The van der Waals surface area contributed by atoms with Crippen LogP contribution < -0.4 is 9.64 Å². The van der Waals surface area contributed by atoms with Crippen LogP contribution in [0, 0.1) is 24.1 Å². The molecule has 0 atom stereocenters. The molecule has 0 amide bonds. The molecule has 1 saturated carbocycles. The number of nitrogens with zero attached hydrogens (tertiary/aromatic N) is 2. The first-order valence-electron chi connectivity index (χ1n) is 15.4. The van der Waals surface area contributed by atoms with Crippen molar-refractivity contribution in [1.82, 2.24) is 4.98 Å². The second-order valence-electron chi connectivity index (χ2n) is 12.2. The summed E-state index contributed by atoms with van der Waals surface area (Å²) in [5.41, 5.74) is 8.85. The van der Waals surface area contributed by atoms with Crippen LogP contribution in [0.15, 0.2) is 48.5 Å². The zero-order valence-corrected chi connectivity index (χ0v) is 24.6. The van der Waals surface area contributed by atoms with E-state index in [0.29, 0.717) is 31.2 Å². The Balaban J connectivity index is 1.26. The molecule has 2 aromatic carbocycles. The van der Waals surface area contributed by atoms with E-state index >= 15 is 0 Å². The Morgan fingerprint density at radius 3 is 2.34 bits per heavy atom. The Morgan fingerprint density at radius 2 is 1.73 bits per heavy atom. The first-order valence-corrected chi connectivity index (χ1v) is 15.4. The molecular weight excluding hydrogens is 515 g/mol. The second kappa shape index (κ2) is 12.5. The van der Waals surface area contributed by atoms with Crippen LogP contribution in [0.25, 0.3) is 11.1 Å². The van der Waals surface area contributed by atoms with Crippen LogP contribution in [-0.2, 0) is 28.9 Å². The Bertz CT molecular complexity index is 1310. The molecule has 6 rings (SSSR count). The summed E-state index contributed by atoms with van der Waals surface area (Å²) in [4.78, 5) is 7.79. The Kier molecular flexibility index (Phi) is 8.59. The summed E-state index contributed by atoms with van der Waals surface area (Å²) in [5, 5.41) is 0. The molecule has 1 aliphatic carbocycles. The predicted octanol–water partition coefficient (Wildman–Crippen LogP) is 7.31. The summed E-state index contributed by atoms with van der Waals surface area (Å²) in [6.07, 6.45) is 8.45. The van der Waals surface area contributed by atoms with E-state index in [0.717, 1.165) is 67.4 Å². The molecule has 6 heteroatoms. The van der Waals surface area contributed by atoms with Crippen LogP contribution in [0.5, 0.6) is 5.75 Å². The van der Waals surface area contributed by atoms with Gasteiger partial charge in [0.25, 0.3) is 0 Å².